The van der Waals surface area contributed by atoms with Crippen LogP contribution in [0.25, 0.3) is 0 Å². The van der Waals surface area contributed by atoms with Crippen molar-refractivity contribution in [1.29, 1.82) is 0 Å². The second-order valence-corrected chi connectivity index (χ2v) is 8.55. The average molecular weight is 412 g/mol. The van der Waals surface area contributed by atoms with E-state index in [1.165, 1.54) is 25.7 Å². The maximum Gasteiger partial charge on any atom is 0.422 e. The third-order valence-electron chi connectivity index (χ3n) is 6.76. The van der Waals surface area contributed by atoms with Crippen molar-refractivity contribution in [3.05, 3.63) is 59.2 Å². The van der Waals surface area contributed by atoms with Crippen molar-refractivity contribution in [3.63, 3.8) is 0 Å². The van der Waals surface area contributed by atoms with Crippen LogP contribution < -0.4 is 0 Å². The molecule has 2 fully saturated rings. The van der Waals surface area contributed by atoms with Crippen molar-refractivity contribution in [3.8, 4) is 0 Å². The molecular weight excluding hydrogens is 383 g/mol. The van der Waals surface area contributed by atoms with Crippen molar-refractivity contribution in [2.75, 3.05) is 0 Å². The van der Waals surface area contributed by atoms with E-state index in [1.807, 2.05) is 13.0 Å². The fourth-order valence-corrected chi connectivity index (χ4v) is 5.16. The molecule has 0 radical (unpaired) electrons. The van der Waals surface area contributed by atoms with Crippen molar-refractivity contribution >= 4 is 0 Å². The van der Waals surface area contributed by atoms with Gasteiger partial charge in [0, 0.05) is 0 Å². The molecule has 2 saturated carbocycles. The Bertz CT molecular complexity index is 707. The van der Waals surface area contributed by atoms with E-state index in [9.17, 15) is 22.0 Å². The second-order valence-electron chi connectivity index (χ2n) is 8.55. The number of benzene rings is 1. The molecule has 1 aromatic rings. The third kappa shape index (κ3) is 5.49. The van der Waals surface area contributed by atoms with Gasteiger partial charge in [0.2, 0.25) is 0 Å². The highest BCUT2D eigenvalue weighted by Gasteiger charge is 2.39. The van der Waals surface area contributed by atoms with Gasteiger partial charge in [-0.1, -0.05) is 24.3 Å². The lowest BCUT2D eigenvalue weighted by molar-refractivity contribution is -0.142. The van der Waals surface area contributed by atoms with Crippen LogP contribution in [0.3, 0.4) is 0 Å². The predicted molar refractivity (Wildman–Crippen MR) is 105 cm³/mol. The number of halogens is 5. The fourth-order valence-electron chi connectivity index (χ4n) is 5.16. The molecule has 0 nitrogen and oxygen atoms in total. The summed E-state index contributed by atoms with van der Waals surface area (Å²) in [7, 11) is 0. The van der Waals surface area contributed by atoms with Gasteiger partial charge in [0.1, 0.15) is 17.2 Å². The van der Waals surface area contributed by atoms with Crippen molar-refractivity contribution in [1.82, 2.24) is 0 Å². The lowest BCUT2D eigenvalue weighted by atomic mass is 9.68. The van der Waals surface area contributed by atoms with Crippen LogP contribution in [0, 0.1) is 29.4 Å². The van der Waals surface area contributed by atoms with Crippen LogP contribution in [0.4, 0.5) is 22.0 Å². The zero-order valence-electron chi connectivity index (χ0n) is 16.8. The molecule has 0 bridgehead atoms. The molecule has 0 aromatic heterocycles. The Kier molecular flexibility index (Phi) is 7.18. The van der Waals surface area contributed by atoms with Gasteiger partial charge in [-0.05, 0) is 99.7 Å². The minimum absolute atomic E-state index is 0.0577. The van der Waals surface area contributed by atoms with Crippen LogP contribution in [0.1, 0.15) is 75.3 Å². The van der Waals surface area contributed by atoms with E-state index in [1.54, 1.807) is 0 Å². The van der Waals surface area contributed by atoms with E-state index in [-0.39, 0.29) is 5.92 Å². The summed E-state index contributed by atoms with van der Waals surface area (Å²) in [4.78, 5) is 0. The fraction of sp³-hybridized carbons (Fsp3) is 0.583. The number of allylic oxidation sites excluding steroid dienone is 4. The van der Waals surface area contributed by atoms with Crippen molar-refractivity contribution in [2.24, 2.45) is 17.8 Å². The maximum atomic E-state index is 13.9. The maximum absolute atomic E-state index is 13.9. The summed E-state index contributed by atoms with van der Waals surface area (Å²) in [5, 5.41) is 0. The normalized spacial score (nSPS) is 29.0. The van der Waals surface area contributed by atoms with Crippen LogP contribution in [-0.4, -0.2) is 0 Å². The summed E-state index contributed by atoms with van der Waals surface area (Å²) in [5.74, 6) is -1.09. The van der Waals surface area contributed by atoms with E-state index in [4.69, 9.17) is 0 Å². The van der Waals surface area contributed by atoms with Crippen LogP contribution in [-0.2, 0) is 6.18 Å². The van der Waals surface area contributed by atoms with Gasteiger partial charge in [-0.15, -0.1) is 0 Å². The molecule has 0 spiro atoms. The Labute approximate surface area is 169 Å². The zero-order valence-corrected chi connectivity index (χ0v) is 16.8. The molecule has 0 atom stereocenters. The minimum atomic E-state index is -5.01. The van der Waals surface area contributed by atoms with Gasteiger partial charge in [-0.25, -0.2) is 8.78 Å². The van der Waals surface area contributed by atoms with Gasteiger partial charge < -0.3 is 0 Å². The topological polar surface area (TPSA) is 0 Å². The SMILES string of the molecule is CC=CC=CC1CCC(C2CCC(c3cc(F)c(C(F)(F)F)c(F)c3)CC2)CC1. The predicted octanol–water partition coefficient (Wildman–Crippen LogP) is 8.20. The van der Waals surface area contributed by atoms with Crippen LogP contribution in [0.2, 0.25) is 0 Å². The quantitative estimate of drug-likeness (QED) is 0.345. The first-order valence-corrected chi connectivity index (χ1v) is 10.6. The van der Waals surface area contributed by atoms with E-state index in [0.29, 0.717) is 23.3 Å². The summed E-state index contributed by atoms with van der Waals surface area (Å²) >= 11 is 0. The molecule has 0 heterocycles. The molecule has 0 unspecified atom stereocenters. The van der Waals surface area contributed by atoms with E-state index < -0.39 is 23.4 Å². The Morgan fingerprint density at radius 1 is 0.793 bits per heavy atom. The van der Waals surface area contributed by atoms with Crippen LogP contribution in [0.15, 0.2) is 36.4 Å². The second kappa shape index (κ2) is 9.44. The molecule has 29 heavy (non-hydrogen) atoms. The first-order valence-electron chi connectivity index (χ1n) is 10.6. The third-order valence-corrected chi connectivity index (χ3v) is 6.76. The summed E-state index contributed by atoms with van der Waals surface area (Å²) in [5.41, 5.74) is -1.42. The lowest BCUT2D eigenvalue weighted by Gasteiger charge is -2.37. The van der Waals surface area contributed by atoms with E-state index in [2.05, 4.69) is 18.2 Å². The Hall–Kier alpha value is -1.65. The standard InChI is InChI=1S/C24H29F5/c1-2-3-4-5-16-6-8-17(9-7-16)18-10-12-19(13-11-18)20-14-21(25)23(22(26)15-20)24(27,28)29/h2-5,14-19H,6-13H2,1H3. The van der Waals surface area contributed by atoms with E-state index in [0.717, 1.165) is 37.8 Å². The number of rotatable bonds is 4. The molecular formula is C24H29F5. The highest BCUT2D eigenvalue weighted by Crippen LogP contribution is 2.45. The summed E-state index contributed by atoms with van der Waals surface area (Å²) in [6.07, 6.45) is 11.9. The smallest absolute Gasteiger partial charge is 0.206 e. The molecule has 0 saturated heterocycles. The highest BCUT2D eigenvalue weighted by atomic mass is 19.4. The molecule has 0 N–H and O–H groups in total. The number of hydrogen-bond acceptors (Lipinski definition) is 0. The molecule has 0 amide bonds. The van der Waals surface area contributed by atoms with Gasteiger partial charge >= 0.3 is 6.18 Å². The molecule has 2 aliphatic carbocycles. The monoisotopic (exact) mass is 412 g/mol. The summed E-state index contributed by atoms with van der Waals surface area (Å²) < 4.78 is 66.1. The van der Waals surface area contributed by atoms with E-state index >= 15 is 0 Å². The average Bonchev–Trinajstić information content (AvgIpc) is 2.67. The summed E-state index contributed by atoms with van der Waals surface area (Å²) in [6.45, 7) is 2.00. The zero-order chi connectivity index (χ0) is 21.0. The Morgan fingerprint density at radius 2 is 1.31 bits per heavy atom. The largest absolute Gasteiger partial charge is 0.422 e. The molecule has 5 heteroatoms. The number of alkyl halides is 3. The van der Waals surface area contributed by atoms with Crippen molar-refractivity contribution < 1.29 is 22.0 Å². The first-order chi connectivity index (χ1) is 13.8. The van der Waals surface area contributed by atoms with Crippen LogP contribution in [0.5, 0.6) is 0 Å². The lowest BCUT2D eigenvalue weighted by Crippen LogP contribution is -2.25. The van der Waals surface area contributed by atoms with Gasteiger partial charge in [0.15, 0.2) is 0 Å². The Morgan fingerprint density at radius 3 is 1.79 bits per heavy atom. The molecule has 3 rings (SSSR count). The Balaban J connectivity index is 1.55. The molecule has 160 valence electrons. The van der Waals surface area contributed by atoms with Crippen molar-refractivity contribution in [2.45, 2.75) is 70.4 Å². The molecule has 1 aromatic carbocycles. The minimum Gasteiger partial charge on any atom is -0.206 e. The van der Waals surface area contributed by atoms with Crippen LogP contribution >= 0.6 is 0 Å². The first kappa shape index (κ1) is 22.0. The highest BCUT2D eigenvalue weighted by molar-refractivity contribution is 5.30. The van der Waals surface area contributed by atoms with Gasteiger partial charge in [-0.3, -0.25) is 0 Å². The van der Waals surface area contributed by atoms with Gasteiger partial charge in [0.05, 0.1) is 0 Å². The van der Waals surface area contributed by atoms with Gasteiger partial charge in [-0.2, -0.15) is 13.2 Å². The molecule has 2 aliphatic rings. The molecule has 0 aliphatic heterocycles. The van der Waals surface area contributed by atoms with Gasteiger partial charge in [0.25, 0.3) is 0 Å². The summed E-state index contributed by atoms with van der Waals surface area (Å²) in [6, 6.07) is 1.78. The number of hydrogen-bond donors (Lipinski definition) is 0.